The van der Waals surface area contributed by atoms with Gasteiger partial charge in [-0.25, -0.2) is 0 Å². The number of piperidine rings is 1. The van der Waals surface area contributed by atoms with Crippen molar-refractivity contribution >= 4 is 5.96 Å². The molecule has 0 aromatic carbocycles. The van der Waals surface area contributed by atoms with Crippen molar-refractivity contribution in [2.75, 3.05) is 26.7 Å². The van der Waals surface area contributed by atoms with Gasteiger partial charge in [0.15, 0.2) is 5.96 Å². The van der Waals surface area contributed by atoms with Crippen LogP contribution in [-0.4, -0.2) is 43.6 Å². The highest BCUT2D eigenvalue weighted by molar-refractivity contribution is 5.78. The van der Waals surface area contributed by atoms with Crippen LogP contribution in [0.3, 0.4) is 0 Å². The molecule has 16 heavy (non-hydrogen) atoms. The number of nitrogens with two attached hydrogens (primary N) is 1. The predicted octanol–water partition coefficient (Wildman–Crippen LogP) is 0.887. The highest BCUT2D eigenvalue weighted by Crippen LogP contribution is 2.14. The lowest BCUT2D eigenvalue weighted by Gasteiger charge is -2.35. The zero-order chi connectivity index (χ0) is 12.1. The van der Waals surface area contributed by atoms with Crippen LogP contribution in [0.1, 0.15) is 27.2 Å². The molecule has 4 heteroatoms. The van der Waals surface area contributed by atoms with E-state index in [1.807, 2.05) is 0 Å². The Morgan fingerprint density at radius 1 is 1.56 bits per heavy atom. The Morgan fingerprint density at radius 2 is 2.25 bits per heavy atom. The van der Waals surface area contributed by atoms with Gasteiger partial charge in [-0.05, 0) is 31.8 Å². The van der Waals surface area contributed by atoms with Gasteiger partial charge in [-0.15, -0.1) is 0 Å². The molecular formula is C12H26N4. The minimum atomic E-state index is 0.479. The molecule has 0 aliphatic carbocycles. The lowest BCUT2D eigenvalue weighted by Crippen LogP contribution is -2.51. The molecule has 0 radical (unpaired) electrons. The molecule has 1 aliphatic heterocycles. The fourth-order valence-corrected chi connectivity index (χ4v) is 2.09. The average Bonchev–Trinajstić information content (AvgIpc) is 2.19. The van der Waals surface area contributed by atoms with Crippen LogP contribution < -0.4 is 11.1 Å². The number of hydrogen-bond acceptors (Lipinski definition) is 2. The van der Waals surface area contributed by atoms with Gasteiger partial charge >= 0.3 is 0 Å². The molecule has 1 fully saturated rings. The molecule has 0 spiro atoms. The summed E-state index contributed by atoms with van der Waals surface area (Å²) in [4.78, 5) is 6.71. The van der Waals surface area contributed by atoms with Crippen LogP contribution in [0.25, 0.3) is 0 Å². The van der Waals surface area contributed by atoms with Gasteiger partial charge in [0.2, 0.25) is 0 Å². The number of nitrogens with zero attached hydrogens (tertiary/aromatic N) is 2. The predicted molar refractivity (Wildman–Crippen MR) is 69.5 cm³/mol. The van der Waals surface area contributed by atoms with Crippen LogP contribution in [0.4, 0.5) is 0 Å². The molecule has 2 unspecified atom stereocenters. The number of nitrogens with one attached hydrogen (secondary N) is 1. The van der Waals surface area contributed by atoms with Crippen molar-refractivity contribution in [3.05, 3.63) is 0 Å². The monoisotopic (exact) mass is 226 g/mol. The maximum atomic E-state index is 5.87. The molecule has 3 N–H and O–H groups in total. The van der Waals surface area contributed by atoms with Crippen LogP contribution >= 0.6 is 0 Å². The van der Waals surface area contributed by atoms with Gasteiger partial charge in [-0.2, -0.15) is 0 Å². The highest BCUT2D eigenvalue weighted by atomic mass is 15.2. The van der Waals surface area contributed by atoms with Crippen molar-refractivity contribution in [1.29, 1.82) is 0 Å². The van der Waals surface area contributed by atoms with E-state index in [2.05, 4.69) is 43.0 Å². The quantitative estimate of drug-likeness (QED) is 0.555. The molecule has 1 rings (SSSR count). The first kappa shape index (κ1) is 13.3. The summed E-state index contributed by atoms with van der Waals surface area (Å²) in [5.74, 6) is 1.80. The van der Waals surface area contributed by atoms with E-state index < -0.39 is 0 Å². The first-order valence-electron chi connectivity index (χ1n) is 6.24. The van der Waals surface area contributed by atoms with E-state index in [-0.39, 0.29) is 0 Å². The fraction of sp³-hybridized carbons (Fsp3) is 0.917. The van der Waals surface area contributed by atoms with Gasteiger partial charge in [0.1, 0.15) is 0 Å². The van der Waals surface area contributed by atoms with Gasteiger partial charge in [0.05, 0.1) is 0 Å². The Morgan fingerprint density at radius 3 is 2.81 bits per heavy atom. The van der Waals surface area contributed by atoms with Crippen LogP contribution in [-0.2, 0) is 0 Å². The third-order valence-electron chi connectivity index (χ3n) is 3.07. The number of rotatable bonds is 3. The van der Waals surface area contributed by atoms with Crippen molar-refractivity contribution in [3.8, 4) is 0 Å². The number of guanidine groups is 1. The summed E-state index contributed by atoms with van der Waals surface area (Å²) in [5, 5.41) is 3.35. The van der Waals surface area contributed by atoms with Crippen LogP contribution in [0.15, 0.2) is 4.99 Å². The Kier molecular flexibility index (Phi) is 5.06. The standard InChI is InChI=1S/C12H26N4/c1-9(2)7-14-12(13)15-11-5-6-16(4)8-10(11)3/h9-11H,5-8H2,1-4H3,(H3,13,14,15). The summed E-state index contributed by atoms with van der Waals surface area (Å²) in [6, 6.07) is 0.479. The summed E-state index contributed by atoms with van der Waals surface area (Å²) < 4.78 is 0. The lowest BCUT2D eigenvalue weighted by molar-refractivity contribution is 0.187. The van der Waals surface area contributed by atoms with Crippen molar-refractivity contribution in [1.82, 2.24) is 10.2 Å². The topological polar surface area (TPSA) is 53.6 Å². The number of likely N-dealkylation sites (tertiary alicyclic amines) is 1. The summed E-state index contributed by atoms with van der Waals surface area (Å²) in [6.45, 7) is 9.64. The molecule has 0 saturated carbocycles. The molecule has 0 amide bonds. The molecule has 1 heterocycles. The normalized spacial score (nSPS) is 28.4. The minimum absolute atomic E-state index is 0.479. The lowest BCUT2D eigenvalue weighted by atomic mass is 9.94. The average molecular weight is 226 g/mol. The molecule has 1 aliphatic rings. The number of aliphatic imine (C=N–C) groups is 1. The summed E-state index contributed by atoms with van der Waals surface area (Å²) >= 11 is 0. The van der Waals surface area contributed by atoms with E-state index in [1.165, 1.54) is 0 Å². The second-order valence-electron chi connectivity index (χ2n) is 5.40. The van der Waals surface area contributed by atoms with E-state index >= 15 is 0 Å². The Bertz CT molecular complexity index is 237. The van der Waals surface area contributed by atoms with Crippen molar-refractivity contribution in [2.45, 2.75) is 33.2 Å². The van der Waals surface area contributed by atoms with Crippen molar-refractivity contribution in [3.63, 3.8) is 0 Å². The Labute approximate surface area is 99.3 Å². The fourth-order valence-electron chi connectivity index (χ4n) is 2.09. The van der Waals surface area contributed by atoms with Gasteiger partial charge < -0.3 is 16.0 Å². The molecule has 0 aromatic rings. The summed E-state index contributed by atoms with van der Waals surface area (Å²) in [6.07, 6.45) is 1.15. The molecule has 94 valence electrons. The zero-order valence-electron chi connectivity index (χ0n) is 11.0. The van der Waals surface area contributed by atoms with Gasteiger partial charge in [0.25, 0.3) is 0 Å². The second kappa shape index (κ2) is 6.09. The highest BCUT2D eigenvalue weighted by Gasteiger charge is 2.24. The zero-order valence-corrected chi connectivity index (χ0v) is 11.0. The third kappa shape index (κ3) is 4.39. The van der Waals surface area contributed by atoms with Gasteiger partial charge in [-0.3, -0.25) is 4.99 Å². The molecule has 2 atom stereocenters. The van der Waals surface area contributed by atoms with Crippen LogP contribution in [0, 0.1) is 11.8 Å². The smallest absolute Gasteiger partial charge is 0.188 e. The molecular weight excluding hydrogens is 200 g/mol. The van der Waals surface area contributed by atoms with E-state index in [0.717, 1.165) is 26.1 Å². The van der Waals surface area contributed by atoms with E-state index in [9.17, 15) is 0 Å². The third-order valence-corrected chi connectivity index (χ3v) is 3.07. The Hall–Kier alpha value is -0.770. The maximum absolute atomic E-state index is 5.87. The summed E-state index contributed by atoms with van der Waals surface area (Å²) in [5.41, 5.74) is 5.87. The SMILES string of the molecule is CC(C)CN=C(N)NC1CCN(C)CC1C. The van der Waals surface area contributed by atoms with E-state index in [4.69, 9.17) is 5.73 Å². The molecule has 4 nitrogen and oxygen atoms in total. The van der Waals surface area contributed by atoms with Crippen molar-refractivity contribution in [2.24, 2.45) is 22.6 Å². The van der Waals surface area contributed by atoms with Crippen LogP contribution in [0.2, 0.25) is 0 Å². The largest absolute Gasteiger partial charge is 0.370 e. The first-order valence-corrected chi connectivity index (χ1v) is 6.24. The van der Waals surface area contributed by atoms with Gasteiger partial charge in [-0.1, -0.05) is 20.8 Å². The molecule has 0 aromatic heterocycles. The number of hydrogen-bond donors (Lipinski definition) is 2. The van der Waals surface area contributed by atoms with E-state index in [0.29, 0.717) is 23.8 Å². The molecule has 1 saturated heterocycles. The van der Waals surface area contributed by atoms with Crippen molar-refractivity contribution < 1.29 is 0 Å². The summed E-state index contributed by atoms with van der Waals surface area (Å²) in [7, 11) is 2.17. The molecule has 0 bridgehead atoms. The van der Waals surface area contributed by atoms with Gasteiger partial charge in [0, 0.05) is 19.1 Å². The first-order chi connectivity index (χ1) is 7.49. The van der Waals surface area contributed by atoms with Crippen LogP contribution in [0.5, 0.6) is 0 Å². The minimum Gasteiger partial charge on any atom is -0.370 e. The second-order valence-corrected chi connectivity index (χ2v) is 5.40. The van der Waals surface area contributed by atoms with E-state index in [1.54, 1.807) is 0 Å². The Balaban J connectivity index is 2.38. The maximum Gasteiger partial charge on any atom is 0.188 e.